The van der Waals surface area contributed by atoms with Crippen LogP contribution in [0.15, 0.2) is 53.3 Å². The van der Waals surface area contributed by atoms with Crippen LogP contribution in [0.4, 0.5) is 4.39 Å². The Morgan fingerprint density at radius 3 is 2.74 bits per heavy atom. The first kappa shape index (κ1) is 25.3. The zero-order valence-corrected chi connectivity index (χ0v) is 21.9. The minimum absolute atomic E-state index is 0.0180. The van der Waals surface area contributed by atoms with Crippen molar-refractivity contribution in [2.75, 3.05) is 0 Å². The minimum Gasteiger partial charge on any atom is -0.487 e. The third kappa shape index (κ3) is 4.95. The number of hydrogen-bond acceptors (Lipinski definition) is 7. The van der Waals surface area contributed by atoms with Crippen molar-refractivity contribution in [2.24, 2.45) is 0 Å². The van der Waals surface area contributed by atoms with E-state index in [0.717, 1.165) is 22.6 Å². The largest absolute Gasteiger partial charge is 0.487 e. The molecule has 0 radical (unpaired) electrons. The van der Waals surface area contributed by atoms with Crippen LogP contribution in [0.2, 0.25) is 5.02 Å². The number of rotatable bonds is 7. The summed E-state index contributed by atoms with van der Waals surface area (Å²) < 4.78 is 27.3. The maximum absolute atomic E-state index is 14.4. The highest BCUT2D eigenvalue weighted by atomic mass is 35.5. The van der Waals surface area contributed by atoms with Gasteiger partial charge in [0.2, 0.25) is 0 Å². The number of fused-ring (bicyclic) bond motifs is 1. The summed E-state index contributed by atoms with van der Waals surface area (Å²) in [4.78, 5) is 21.6. The molecule has 0 fully saturated rings. The number of para-hydroxylation sites is 1. The Morgan fingerprint density at radius 1 is 1.21 bits per heavy atom. The highest BCUT2D eigenvalue weighted by Crippen LogP contribution is 2.32. The van der Waals surface area contributed by atoms with E-state index in [1.165, 1.54) is 24.5 Å². The second-order valence-electron chi connectivity index (χ2n) is 8.92. The SMILES string of the molecule is Cc1cc(-n2ncnc2C)c2cccc(OCc3c(Cl)cc(F)cc3[C@H](C)NC(=O)c3cc(C)on3)c2n1. The Balaban J connectivity index is 1.47. The van der Waals surface area contributed by atoms with Gasteiger partial charge in [0, 0.05) is 22.7 Å². The van der Waals surface area contributed by atoms with E-state index in [1.54, 1.807) is 18.5 Å². The first-order valence-electron chi connectivity index (χ1n) is 11.8. The number of benzene rings is 2. The first-order chi connectivity index (χ1) is 18.2. The Labute approximate surface area is 222 Å². The molecular formula is C27H24ClFN6O3. The number of carbonyl (C=O) groups excluding carboxylic acids is 1. The molecule has 0 aliphatic rings. The number of carbonyl (C=O) groups is 1. The maximum atomic E-state index is 14.4. The molecule has 9 nitrogen and oxygen atoms in total. The number of amides is 1. The summed E-state index contributed by atoms with van der Waals surface area (Å²) in [6.07, 6.45) is 1.50. The molecule has 0 bridgehead atoms. The molecule has 38 heavy (non-hydrogen) atoms. The summed E-state index contributed by atoms with van der Waals surface area (Å²) in [6.45, 7) is 7.20. The lowest BCUT2D eigenvalue weighted by molar-refractivity contribution is 0.0930. The van der Waals surface area contributed by atoms with Crippen LogP contribution in [0.5, 0.6) is 5.75 Å². The lowest BCUT2D eigenvalue weighted by Crippen LogP contribution is -2.28. The van der Waals surface area contributed by atoms with E-state index in [1.807, 2.05) is 38.1 Å². The quantitative estimate of drug-likeness (QED) is 0.290. The average Bonchev–Trinajstić information content (AvgIpc) is 3.50. The number of nitrogens with one attached hydrogen (secondary N) is 1. The fourth-order valence-corrected chi connectivity index (χ4v) is 4.56. The molecule has 1 N–H and O–H groups in total. The van der Waals surface area contributed by atoms with Gasteiger partial charge >= 0.3 is 0 Å². The van der Waals surface area contributed by atoms with Gasteiger partial charge in [0.25, 0.3) is 5.91 Å². The van der Waals surface area contributed by atoms with Crippen LogP contribution >= 0.6 is 11.6 Å². The van der Waals surface area contributed by atoms with Crippen molar-refractivity contribution in [3.05, 3.63) is 93.7 Å². The van der Waals surface area contributed by atoms with Gasteiger partial charge in [0.05, 0.1) is 16.8 Å². The molecule has 3 heterocycles. The predicted octanol–water partition coefficient (Wildman–Crippen LogP) is 5.59. The van der Waals surface area contributed by atoms with Crippen molar-refractivity contribution in [1.82, 2.24) is 30.2 Å². The smallest absolute Gasteiger partial charge is 0.273 e. The lowest BCUT2D eigenvalue weighted by Gasteiger charge is -2.20. The monoisotopic (exact) mass is 534 g/mol. The minimum atomic E-state index is -0.596. The average molecular weight is 535 g/mol. The number of ether oxygens (including phenoxy) is 1. The Morgan fingerprint density at radius 2 is 2.03 bits per heavy atom. The summed E-state index contributed by atoms with van der Waals surface area (Å²) in [5, 5.41) is 11.9. The molecule has 1 atom stereocenters. The number of aromatic nitrogens is 5. The second kappa shape index (κ2) is 10.2. The number of hydrogen-bond donors (Lipinski definition) is 1. The highest BCUT2D eigenvalue weighted by Gasteiger charge is 2.21. The van der Waals surface area contributed by atoms with Gasteiger partial charge in [0.15, 0.2) is 5.69 Å². The molecule has 2 aromatic carbocycles. The fraction of sp³-hybridized carbons (Fsp3) is 0.222. The molecule has 0 aliphatic heterocycles. The zero-order valence-electron chi connectivity index (χ0n) is 21.1. The summed E-state index contributed by atoms with van der Waals surface area (Å²) in [6, 6.07) is 11.0. The van der Waals surface area contributed by atoms with E-state index in [4.69, 9.17) is 25.8 Å². The number of aryl methyl sites for hydroxylation is 3. The van der Waals surface area contributed by atoms with Crippen LogP contribution in [-0.2, 0) is 6.61 Å². The molecule has 11 heteroatoms. The Hall–Kier alpha value is -4.31. The van der Waals surface area contributed by atoms with Gasteiger partial charge in [-0.05, 0) is 57.5 Å². The van der Waals surface area contributed by atoms with Gasteiger partial charge in [-0.1, -0.05) is 28.9 Å². The zero-order chi connectivity index (χ0) is 27.0. The third-order valence-corrected chi connectivity index (χ3v) is 6.43. The second-order valence-corrected chi connectivity index (χ2v) is 9.32. The van der Waals surface area contributed by atoms with E-state index in [9.17, 15) is 9.18 Å². The predicted molar refractivity (Wildman–Crippen MR) is 139 cm³/mol. The molecule has 3 aromatic heterocycles. The molecule has 5 rings (SSSR count). The van der Waals surface area contributed by atoms with Crippen molar-refractivity contribution in [2.45, 2.75) is 40.3 Å². The molecule has 0 spiro atoms. The summed E-state index contributed by atoms with van der Waals surface area (Å²) >= 11 is 6.46. The van der Waals surface area contributed by atoms with Crippen molar-refractivity contribution in [1.29, 1.82) is 0 Å². The van der Waals surface area contributed by atoms with E-state index >= 15 is 0 Å². The molecule has 0 unspecified atom stereocenters. The van der Waals surface area contributed by atoms with Crippen LogP contribution < -0.4 is 10.1 Å². The van der Waals surface area contributed by atoms with E-state index in [2.05, 4.69) is 20.6 Å². The molecule has 1 amide bonds. The number of pyridine rings is 1. The molecular weight excluding hydrogens is 511 g/mol. The van der Waals surface area contributed by atoms with Gasteiger partial charge in [-0.25, -0.2) is 19.0 Å². The Kier molecular flexibility index (Phi) is 6.81. The summed E-state index contributed by atoms with van der Waals surface area (Å²) in [5.41, 5.74) is 3.39. The van der Waals surface area contributed by atoms with Crippen LogP contribution in [0.25, 0.3) is 16.6 Å². The van der Waals surface area contributed by atoms with Crippen LogP contribution in [0.1, 0.15) is 51.9 Å². The van der Waals surface area contributed by atoms with Gasteiger partial charge < -0.3 is 14.6 Å². The molecule has 194 valence electrons. The molecule has 5 aromatic rings. The molecule has 0 saturated carbocycles. The van der Waals surface area contributed by atoms with Crippen molar-refractivity contribution >= 4 is 28.4 Å². The van der Waals surface area contributed by atoms with E-state index in [0.29, 0.717) is 28.2 Å². The number of halogens is 2. The van der Waals surface area contributed by atoms with Gasteiger partial charge in [-0.2, -0.15) is 5.10 Å². The van der Waals surface area contributed by atoms with Crippen LogP contribution in [0.3, 0.4) is 0 Å². The van der Waals surface area contributed by atoms with Crippen LogP contribution in [0, 0.1) is 26.6 Å². The highest BCUT2D eigenvalue weighted by molar-refractivity contribution is 6.31. The summed E-state index contributed by atoms with van der Waals surface area (Å²) in [7, 11) is 0. The van der Waals surface area contributed by atoms with Crippen molar-refractivity contribution in [3.8, 4) is 11.4 Å². The van der Waals surface area contributed by atoms with Gasteiger partial charge in [-0.3, -0.25) is 4.79 Å². The van der Waals surface area contributed by atoms with Gasteiger partial charge in [0.1, 0.15) is 41.6 Å². The number of nitrogens with zero attached hydrogens (tertiary/aromatic N) is 5. The molecule has 0 aliphatic carbocycles. The van der Waals surface area contributed by atoms with E-state index < -0.39 is 17.8 Å². The third-order valence-electron chi connectivity index (χ3n) is 6.10. The lowest BCUT2D eigenvalue weighted by atomic mass is 10.0. The molecule has 0 saturated heterocycles. The Bertz CT molecular complexity index is 1660. The summed E-state index contributed by atoms with van der Waals surface area (Å²) in [5.74, 6) is 0.787. The first-order valence-corrected chi connectivity index (χ1v) is 12.2. The van der Waals surface area contributed by atoms with E-state index in [-0.39, 0.29) is 17.3 Å². The standard InChI is InChI=1S/C27H24ClFN6O3/c1-14-8-24(35-17(4)30-13-31-35)19-6-5-7-25(26(19)32-14)37-12-21-20(10-18(29)11-22(21)28)16(3)33-27(36)23-9-15(2)38-34-23/h5-11,13,16H,12H2,1-4H3,(H,33,36)/t16-/m0/s1. The van der Waals surface area contributed by atoms with Crippen molar-refractivity contribution < 1.29 is 18.4 Å². The topological polar surface area (TPSA) is 108 Å². The normalized spacial score (nSPS) is 12.1. The fourth-order valence-electron chi connectivity index (χ4n) is 4.29. The van der Waals surface area contributed by atoms with Gasteiger partial charge in [-0.15, -0.1) is 0 Å². The van der Waals surface area contributed by atoms with Crippen molar-refractivity contribution in [3.63, 3.8) is 0 Å². The maximum Gasteiger partial charge on any atom is 0.273 e. The van der Waals surface area contributed by atoms with Crippen LogP contribution in [-0.4, -0.2) is 30.8 Å².